The molecular formula is C8H13NO2. The standard InChI is InChI=1S/C8H13NO2/c1-4(2)7(10)5-3-6(5)8(9)11/h4-6H,3H2,1-2H3,(H2,9,11)/t5-,6?/m0/s1. The predicted octanol–water partition coefficient (Wildman–Crippen LogP) is 0.333. The van der Waals surface area contributed by atoms with Gasteiger partial charge in [0.1, 0.15) is 5.78 Å². The molecule has 62 valence electrons. The molecule has 2 N–H and O–H groups in total. The zero-order valence-electron chi connectivity index (χ0n) is 6.83. The van der Waals surface area contributed by atoms with Crippen molar-refractivity contribution in [2.75, 3.05) is 0 Å². The Morgan fingerprint density at radius 1 is 1.36 bits per heavy atom. The summed E-state index contributed by atoms with van der Waals surface area (Å²) >= 11 is 0. The highest BCUT2D eigenvalue weighted by molar-refractivity contribution is 5.93. The first-order chi connectivity index (χ1) is 5.04. The van der Waals surface area contributed by atoms with E-state index in [0.29, 0.717) is 6.42 Å². The summed E-state index contributed by atoms with van der Waals surface area (Å²) in [7, 11) is 0. The third-order valence-corrected chi connectivity index (χ3v) is 2.09. The van der Waals surface area contributed by atoms with Crippen LogP contribution in [0.1, 0.15) is 20.3 Å². The topological polar surface area (TPSA) is 60.2 Å². The highest BCUT2D eigenvalue weighted by atomic mass is 16.2. The summed E-state index contributed by atoms with van der Waals surface area (Å²) in [6.07, 6.45) is 0.673. The second-order valence-electron chi connectivity index (χ2n) is 3.41. The van der Waals surface area contributed by atoms with Crippen LogP contribution >= 0.6 is 0 Å². The van der Waals surface area contributed by atoms with Gasteiger partial charge in [0.15, 0.2) is 0 Å². The number of carbonyl (C=O) groups excluding carboxylic acids is 2. The van der Waals surface area contributed by atoms with Crippen LogP contribution < -0.4 is 5.73 Å². The molecule has 0 heterocycles. The highest BCUT2D eigenvalue weighted by Gasteiger charge is 2.47. The summed E-state index contributed by atoms with van der Waals surface area (Å²) in [6, 6.07) is 0. The Hall–Kier alpha value is -0.860. The molecule has 0 aliphatic heterocycles. The monoisotopic (exact) mass is 155 g/mol. The van der Waals surface area contributed by atoms with Gasteiger partial charge in [0.2, 0.25) is 5.91 Å². The van der Waals surface area contributed by atoms with Crippen LogP contribution in [0.5, 0.6) is 0 Å². The van der Waals surface area contributed by atoms with Gasteiger partial charge in [-0.15, -0.1) is 0 Å². The van der Waals surface area contributed by atoms with Crippen LogP contribution in [-0.4, -0.2) is 11.7 Å². The van der Waals surface area contributed by atoms with E-state index in [1.54, 1.807) is 0 Å². The number of primary amides is 1. The first-order valence-electron chi connectivity index (χ1n) is 3.87. The van der Waals surface area contributed by atoms with Crippen molar-refractivity contribution in [2.24, 2.45) is 23.5 Å². The number of amides is 1. The molecule has 3 heteroatoms. The van der Waals surface area contributed by atoms with Gasteiger partial charge >= 0.3 is 0 Å². The van der Waals surface area contributed by atoms with Gasteiger partial charge in [-0.05, 0) is 6.42 Å². The second-order valence-corrected chi connectivity index (χ2v) is 3.41. The Bertz CT molecular complexity index is 198. The van der Waals surface area contributed by atoms with Crippen molar-refractivity contribution in [1.82, 2.24) is 0 Å². The van der Waals surface area contributed by atoms with Crippen molar-refractivity contribution >= 4 is 11.7 Å². The molecule has 0 saturated heterocycles. The summed E-state index contributed by atoms with van der Waals surface area (Å²) in [6.45, 7) is 3.69. The molecule has 0 radical (unpaired) electrons. The lowest BCUT2D eigenvalue weighted by Gasteiger charge is -2.00. The van der Waals surface area contributed by atoms with Crippen molar-refractivity contribution in [3.8, 4) is 0 Å². The average Bonchev–Trinajstić information content (AvgIpc) is 2.63. The van der Waals surface area contributed by atoms with E-state index in [1.165, 1.54) is 0 Å². The normalized spacial score (nSPS) is 28.6. The van der Waals surface area contributed by atoms with Crippen LogP contribution in [0.2, 0.25) is 0 Å². The Morgan fingerprint density at radius 3 is 2.18 bits per heavy atom. The Balaban J connectivity index is 2.44. The maximum atomic E-state index is 11.2. The van der Waals surface area contributed by atoms with Crippen molar-refractivity contribution in [3.63, 3.8) is 0 Å². The molecule has 1 saturated carbocycles. The molecule has 3 nitrogen and oxygen atoms in total. The van der Waals surface area contributed by atoms with Gasteiger partial charge in [-0.25, -0.2) is 0 Å². The minimum atomic E-state index is -0.330. The lowest BCUT2D eigenvalue weighted by Crippen LogP contribution is -2.18. The van der Waals surface area contributed by atoms with E-state index >= 15 is 0 Å². The zero-order valence-corrected chi connectivity index (χ0v) is 6.83. The Morgan fingerprint density at radius 2 is 1.91 bits per heavy atom. The van der Waals surface area contributed by atoms with Gasteiger partial charge in [-0.2, -0.15) is 0 Å². The molecule has 0 aromatic rings. The minimum absolute atomic E-state index is 0.0318. The van der Waals surface area contributed by atoms with Gasteiger partial charge in [0, 0.05) is 17.8 Å². The molecule has 1 aliphatic rings. The molecule has 0 spiro atoms. The molecule has 1 aliphatic carbocycles. The fourth-order valence-electron chi connectivity index (χ4n) is 1.25. The van der Waals surface area contributed by atoms with Gasteiger partial charge < -0.3 is 5.73 Å². The maximum absolute atomic E-state index is 11.2. The lowest BCUT2D eigenvalue weighted by molar-refractivity contribution is -0.126. The number of hydrogen-bond acceptors (Lipinski definition) is 2. The summed E-state index contributed by atoms with van der Waals surface area (Å²) in [5.74, 6) is -0.348. The molecule has 2 atom stereocenters. The number of Topliss-reactive ketones (excluding diaryl/α,β-unsaturated/α-hetero) is 1. The van der Waals surface area contributed by atoms with E-state index in [4.69, 9.17) is 5.73 Å². The molecule has 0 aromatic carbocycles. The van der Waals surface area contributed by atoms with Crippen LogP contribution in [0.25, 0.3) is 0 Å². The summed E-state index contributed by atoms with van der Waals surface area (Å²) < 4.78 is 0. The van der Waals surface area contributed by atoms with Gasteiger partial charge in [0.25, 0.3) is 0 Å². The molecule has 1 amide bonds. The third kappa shape index (κ3) is 1.59. The fraction of sp³-hybridized carbons (Fsp3) is 0.750. The van der Waals surface area contributed by atoms with Gasteiger partial charge in [-0.1, -0.05) is 13.8 Å². The molecule has 0 aromatic heterocycles. The SMILES string of the molecule is CC(C)C(=O)[C@H]1CC1C(N)=O. The number of nitrogens with two attached hydrogens (primary N) is 1. The summed E-state index contributed by atoms with van der Waals surface area (Å²) in [4.78, 5) is 21.8. The molecule has 1 fully saturated rings. The number of ketones is 1. The number of hydrogen-bond donors (Lipinski definition) is 1. The first-order valence-corrected chi connectivity index (χ1v) is 3.87. The summed E-state index contributed by atoms with van der Waals surface area (Å²) in [5.41, 5.74) is 5.03. The number of rotatable bonds is 3. The fourth-order valence-corrected chi connectivity index (χ4v) is 1.25. The highest BCUT2D eigenvalue weighted by Crippen LogP contribution is 2.40. The lowest BCUT2D eigenvalue weighted by atomic mass is 10.0. The summed E-state index contributed by atoms with van der Waals surface area (Å²) in [5, 5.41) is 0. The van der Waals surface area contributed by atoms with E-state index in [9.17, 15) is 9.59 Å². The van der Waals surface area contributed by atoms with Crippen molar-refractivity contribution in [3.05, 3.63) is 0 Å². The van der Waals surface area contributed by atoms with E-state index in [2.05, 4.69) is 0 Å². The largest absolute Gasteiger partial charge is 0.369 e. The third-order valence-electron chi connectivity index (χ3n) is 2.09. The van der Waals surface area contributed by atoms with Gasteiger partial charge in [-0.3, -0.25) is 9.59 Å². The van der Waals surface area contributed by atoms with Crippen LogP contribution in [0.3, 0.4) is 0 Å². The predicted molar refractivity (Wildman–Crippen MR) is 40.6 cm³/mol. The molecule has 0 bridgehead atoms. The van der Waals surface area contributed by atoms with E-state index in [-0.39, 0.29) is 29.4 Å². The van der Waals surface area contributed by atoms with Crippen molar-refractivity contribution in [2.45, 2.75) is 20.3 Å². The van der Waals surface area contributed by atoms with E-state index in [0.717, 1.165) is 0 Å². The quantitative estimate of drug-likeness (QED) is 0.638. The average molecular weight is 155 g/mol. The van der Waals surface area contributed by atoms with Crippen molar-refractivity contribution in [1.29, 1.82) is 0 Å². The molecule has 1 rings (SSSR count). The second kappa shape index (κ2) is 2.64. The smallest absolute Gasteiger partial charge is 0.221 e. The van der Waals surface area contributed by atoms with E-state index in [1.807, 2.05) is 13.8 Å². The van der Waals surface area contributed by atoms with Crippen LogP contribution in [-0.2, 0) is 9.59 Å². The van der Waals surface area contributed by atoms with Crippen LogP contribution in [0.15, 0.2) is 0 Å². The first kappa shape index (κ1) is 8.24. The van der Waals surface area contributed by atoms with Crippen LogP contribution in [0.4, 0.5) is 0 Å². The molecule has 1 unspecified atom stereocenters. The minimum Gasteiger partial charge on any atom is -0.369 e. The molecular weight excluding hydrogens is 142 g/mol. The number of carbonyl (C=O) groups is 2. The maximum Gasteiger partial charge on any atom is 0.221 e. The molecule has 11 heavy (non-hydrogen) atoms. The van der Waals surface area contributed by atoms with Crippen molar-refractivity contribution < 1.29 is 9.59 Å². The Kier molecular flexibility index (Phi) is 1.98. The van der Waals surface area contributed by atoms with Gasteiger partial charge in [0.05, 0.1) is 0 Å². The zero-order chi connectivity index (χ0) is 8.59. The van der Waals surface area contributed by atoms with Crippen LogP contribution in [0, 0.1) is 17.8 Å². The van der Waals surface area contributed by atoms with E-state index < -0.39 is 0 Å². The Labute approximate surface area is 66.0 Å².